The highest BCUT2D eigenvalue weighted by Gasteiger charge is 2.18. The van der Waals surface area contributed by atoms with E-state index in [1.54, 1.807) is 12.1 Å². The van der Waals surface area contributed by atoms with E-state index in [1.807, 2.05) is 13.0 Å². The molecule has 0 saturated carbocycles. The molecule has 0 unspecified atom stereocenters. The summed E-state index contributed by atoms with van der Waals surface area (Å²) in [6, 6.07) is 4.31. The van der Waals surface area contributed by atoms with Crippen molar-refractivity contribution < 1.29 is 9.59 Å². The predicted octanol–water partition coefficient (Wildman–Crippen LogP) is 2.50. The second-order valence-electron chi connectivity index (χ2n) is 4.36. The lowest BCUT2D eigenvalue weighted by molar-refractivity contribution is -0.126. The molecule has 6 heteroatoms. The van der Waals surface area contributed by atoms with Gasteiger partial charge in [0.25, 0.3) is 0 Å². The Labute approximate surface area is 110 Å². The van der Waals surface area contributed by atoms with E-state index in [-0.39, 0.29) is 11.6 Å². The van der Waals surface area contributed by atoms with Crippen LogP contribution >= 0.6 is 0 Å². The number of fused-ring (bicyclic) bond motifs is 1. The maximum Gasteiger partial charge on any atom is 0.187 e. The molecule has 0 saturated heterocycles. The van der Waals surface area contributed by atoms with Gasteiger partial charge >= 0.3 is 0 Å². The smallest absolute Gasteiger partial charge is 0.187 e. The molecule has 1 N–H and O–H groups in total. The fraction of sp³-hybridized carbons (Fsp3) is 0.308. The molecule has 0 amide bonds. The van der Waals surface area contributed by atoms with Crippen LogP contribution in [0.3, 0.4) is 0 Å². The Balaban J connectivity index is 2.29. The van der Waals surface area contributed by atoms with E-state index in [9.17, 15) is 9.59 Å². The van der Waals surface area contributed by atoms with Gasteiger partial charge in [0, 0.05) is 0 Å². The molecular weight excluding hydrogens is 244 g/mol. The molecule has 0 aliphatic carbocycles. The molecule has 98 valence electrons. The van der Waals surface area contributed by atoms with E-state index < -0.39 is 6.04 Å². The third-order valence-electron chi connectivity index (χ3n) is 2.64. The van der Waals surface area contributed by atoms with Crippen molar-refractivity contribution in [2.75, 3.05) is 0 Å². The summed E-state index contributed by atoms with van der Waals surface area (Å²) in [6.45, 7) is 4.52. The van der Waals surface area contributed by atoms with Crippen LogP contribution in [0, 0.1) is 6.92 Å². The number of ketones is 2. The van der Waals surface area contributed by atoms with Crippen LogP contribution < -0.4 is 0 Å². The minimum Gasteiger partial charge on any atom is -0.342 e. The first-order valence-corrected chi connectivity index (χ1v) is 5.85. The van der Waals surface area contributed by atoms with Gasteiger partial charge in [-0.05, 0) is 39.0 Å². The summed E-state index contributed by atoms with van der Waals surface area (Å²) in [5.74, 6) is 0.193. The molecule has 0 spiro atoms. The molecule has 2 aromatic rings. The maximum absolute atomic E-state index is 11.2. The number of Topliss-reactive ketones (excluding diaryl/α,β-unsaturated/α-hetero) is 2. The SMILES string of the molecule is CC(=O)C(N=Nc1ccc2nc(C)[nH]c2c1)C(C)=O. The Morgan fingerprint density at radius 2 is 1.95 bits per heavy atom. The second-order valence-corrected chi connectivity index (χ2v) is 4.36. The van der Waals surface area contributed by atoms with Crippen molar-refractivity contribution in [1.29, 1.82) is 0 Å². The molecule has 0 aliphatic heterocycles. The fourth-order valence-electron chi connectivity index (χ4n) is 1.76. The summed E-state index contributed by atoms with van der Waals surface area (Å²) in [5, 5.41) is 7.74. The molecule has 1 aromatic carbocycles. The first-order chi connectivity index (χ1) is 8.97. The number of hydrogen-bond donors (Lipinski definition) is 1. The maximum atomic E-state index is 11.2. The number of hydrogen-bond acceptors (Lipinski definition) is 5. The first kappa shape index (κ1) is 13.1. The van der Waals surface area contributed by atoms with Crippen molar-refractivity contribution in [3.63, 3.8) is 0 Å². The highest BCUT2D eigenvalue weighted by atomic mass is 16.2. The fourth-order valence-corrected chi connectivity index (χ4v) is 1.76. The van der Waals surface area contributed by atoms with Crippen molar-refractivity contribution in [2.24, 2.45) is 10.2 Å². The molecule has 0 fully saturated rings. The van der Waals surface area contributed by atoms with Gasteiger partial charge in [-0.15, -0.1) is 0 Å². The average molecular weight is 258 g/mol. The molecule has 0 aliphatic rings. The number of aryl methyl sites for hydroxylation is 1. The Morgan fingerprint density at radius 3 is 2.58 bits per heavy atom. The summed E-state index contributed by atoms with van der Waals surface area (Å²) in [6.07, 6.45) is 0. The quantitative estimate of drug-likeness (QED) is 0.675. The van der Waals surface area contributed by atoms with Crippen LogP contribution in [0.15, 0.2) is 28.4 Å². The number of aromatic nitrogens is 2. The van der Waals surface area contributed by atoms with E-state index in [1.165, 1.54) is 13.8 Å². The number of carbonyl (C=O) groups excluding carboxylic acids is 2. The summed E-state index contributed by atoms with van der Waals surface area (Å²) in [7, 11) is 0. The molecule has 1 heterocycles. The molecule has 19 heavy (non-hydrogen) atoms. The van der Waals surface area contributed by atoms with Gasteiger partial charge in [-0.2, -0.15) is 10.2 Å². The predicted molar refractivity (Wildman–Crippen MR) is 70.5 cm³/mol. The highest BCUT2D eigenvalue weighted by molar-refractivity contribution is 6.04. The van der Waals surface area contributed by atoms with Gasteiger partial charge in [-0.1, -0.05) is 0 Å². The minimum absolute atomic E-state index is 0.310. The van der Waals surface area contributed by atoms with Crippen molar-refractivity contribution in [2.45, 2.75) is 26.8 Å². The van der Waals surface area contributed by atoms with E-state index in [2.05, 4.69) is 20.2 Å². The molecule has 1 aromatic heterocycles. The Bertz CT molecular complexity index is 658. The van der Waals surface area contributed by atoms with Crippen molar-refractivity contribution in [3.05, 3.63) is 24.0 Å². The van der Waals surface area contributed by atoms with E-state index in [4.69, 9.17) is 0 Å². The molecule has 0 radical (unpaired) electrons. The summed E-state index contributed by atoms with van der Waals surface area (Å²) < 4.78 is 0. The Hall–Kier alpha value is -2.37. The average Bonchev–Trinajstić information content (AvgIpc) is 2.67. The van der Waals surface area contributed by atoms with Gasteiger partial charge in [0.2, 0.25) is 0 Å². The number of azo groups is 1. The van der Waals surface area contributed by atoms with Crippen LogP contribution in [0.1, 0.15) is 19.7 Å². The largest absolute Gasteiger partial charge is 0.342 e. The molecule has 6 nitrogen and oxygen atoms in total. The minimum atomic E-state index is -1.01. The third-order valence-corrected chi connectivity index (χ3v) is 2.64. The molecule has 0 atom stereocenters. The van der Waals surface area contributed by atoms with Crippen LogP contribution in [0.4, 0.5) is 5.69 Å². The molecule has 0 bridgehead atoms. The lowest BCUT2D eigenvalue weighted by atomic mass is 10.1. The van der Waals surface area contributed by atoms with E-state index in [0.29, 0.717) is 5.69 Å². The number of nitrogens with one attached hydrogen (secondary N) is 1. The highest BCUT2D eigenvalue weighted by Crippen LogP contribution is 2.20. The number of carbonyl (C=O) groups is 2. The second kappa shape index (κ2) is 5.09. The van der Waals surface area contributed by atoms with Crippen molar-refractivity contribution >= 4 is 28.3 Å². The zero-order chi connectivity index (χ0) is 14.0. The van der Waals surface area contributed by atoms with E-state index >= 15 is 0 Å². The van der Waals surface area contributed by atoms with E-state index in [0.717, 1.165) is 16.9 Å². The lowest BCUT2D eigenvalue weighted by Gasteiger charge is -2.01. The third kappa shape index (κ3) is 2.90. The Kier molecular flexibility index (Phi) is 3.50. The summed E-state index contributed by atoms with van der Waals surface area (Å²) in [5.41, 5.74) is 2.26. The number of H-pyrrole nitrogens is 1. The summed E-state index contributed by atoms with van der Waals surface area (Å²) >= 11 is 0. The first-order valence-electron chi connectivity index (χ1n) is 5.85. The van der Waals surface area contributed by atoms with Gasteiger partial charge < -0.3 is 4.98 Å². The number of aromatic amines is 1. The number of benzene rings is 1. The van der Waals surface area contributed by atoms with Gasteiger partial charge in [0.15, 0.2) is 17.6 Å². The zero-order valence-corrected chi connectivity index (χ0v) is 11.0. The van der Waals surface area contributed by atoms with Crippen LogP contribution in [0.2, 0.25) is 0 Å². The number of nitrogens with zero attached hydrogens (tertiary/aromatic N) is 3. The van der Waals surface area contributed by atoms with Crippen LogP contribution in [0.5, 0.6) is 0 Å². The topological polar surface area (TPSA) is 87.5 Å². The van der Waals surface area contributed by atoms with Gasteiger partial charge in [0.05, 0.1) is 16.7 Å². The lowest BCUT2D eigenvalue weighted by Crippen LogP contribution is -2.23. The number of rotatable bonds is 4. The standard InChI is InChI=1S/C13H14N4O2/c1-7(18)13(8(2)19)17-16-10-4-5-11-12(6-10)15-9(3)14-11/h4-6,13H,1-3H3,(H,14,15). The van der Waals surface area contributed by atoms with Gasteiger partial charge in [-0.3, -0.25) is 9.59 Å². The summed E-state index contributed by atoms with van der Waals surface area (Å²) in [4.78, 5) is 29.8. The molecular formula is C13H14N4O2. The van der Waals surface area contributed by atoms with Gasteiger partial charge in [-0.25, -0.2) is 4.98 Å². The monoisotopic (exact) mass is 258 g/mol. The zero-order valence-electron chi connectivity index (χ0n) is 11.0. The normalized spacial score (nSPS) is 11.6. The molecule has 2 rings (SSSR count). The van der Waals surface area contributed by atoms with Crippen LogP contribution in [-0.2, 0) is 9.59 Å². The van der Waals surface area contributed by atoms with Crippen molar-refractivity contribution in [1.82, 2.24) is 9.97 Å². The Morgan fingerprint density at radius 1 is 1.26 bits per heavy atom. The number of imidazole rings is 1. The van der Waals surface area contributed by atoms with Crippen LogP contribution in [-0.4, -0.2) is 27.6 Å². The van der Waals surface area contributed by atoms with Crippen molar-refractivity contribution in [3.8, 4) is 0 Å². The van der Waals surface area contributed by atoms with Crippen LogP contribution in [0.25, 0.3) is 11.0 Å². The van der Waals surface area contributed by atoms with Gasteiger partial charge in [0.1, 0.15) is 5.82 Å².